The molecule has 11 aromatic carbocycles. The fourth-order valence-electron chi connectivity index (χ4n) is 19.9. The van der Waals surface area contributed by atoms with Crippen LogP contribution in [0.1, 0.15) is 122 Å². The van der Waals surface area contributed by atoms with Crippen LogP contribution >= 0.6 is 11.8 Å². The van der Waals surface area contributed by atoms with Gasteiger partial charge in [-0.1, -0.05) is 276 Å². The van der Waals surface area contributed by atoms with Crippen molar-refractivity contribution in [3.8, 4) is 57.1 Å². The Kier molecular flexibility index (Phi) is 37.6. The Morgan fingerprint density at radius 2 is 0.806 bits per heavy atom. The smallest absolute Gasteiger partial charge is 0.503 e. The largest absolute Gasteiger partial charge is 3.00 e. The van der Waals surface area contributed by atoms with Gasteiger partial charge in [-0.2, -0.15) is 86.8 Å². The number of aromatic nitrogens is 12. The van der Waals surface area contributed by atoms with E-state index < -0.39 is 32.3 Å². The molecule has 0 fully saturated rings. The Morgan fingerprint density at radius 3 is 1.33 bits per heavy atom. The van der Waals surface area contributed by atoms with E-state index in [-0.39, 0.29) is 111 Å². The zero-order valence-electron chi connectivity index (χ0n) is 82.2. The van der Waals surface area contributed by atoms with E-state index in [2.05, 4.69) is 350 Å². The number of carbonyl (C=O) groups excluding carboxylic acids is 1. The number of anilines is 3. The van der Waals surface area contributed by atoms with E-state index in [0.29, 0.717) is 51.5 Å². The molecule has 0 radical (unpaired) electrons. The summed E-state index contributed by atoms with van der Waals surface area (Å²) in [5.41, 5.74) is 9.81. The van der Waals surface area contributed by atoms with Crippen molar-refractivity contribution < 1.29 is 99.1 Å². The molecular formula is C120H109Au4N13O2SSi4. The van der Waals surface area contributed by atoms with Crippen LogP contribution in [0.25, 0.3) is 45.6 Å². The third-order valence-electron chi connectivity index (χ3n) is 26.2. The van der Waals surface area contributed by atoms with Crippen molar-refractivity contribution in [1.29, 1.82) is 0 Å². The van der Waals surface area contributed by atoms with Crippen LogP contribution < -0.4 is 82.0 Å². The fourth-order valence-corrected chi connectivity index (χ4v) is 40.2. The summed E-state index contributed by atoms with van der Waals surface area (Å²) in [4.78, 5) is 71.3. The molecule has 15 nitrogen and oxygen atoms in total. The first kappa shape index (κ1) is 110. The van der Waals surface area contributed by atoms with Gasteiger partial charge in [-0.3, -0.25) is 19.9 Å². The Labute approximate surface area is 918 Å². The van der Waals surface area contributed by atoms with Crippen molar-refractivity contribution in [1.82, 2.24) is 59.8 Å². The van der Waals surface area contributed by atoms with E-state index in [4.69, 9.17) is 19.7 Å². The first-order valence-corrected chi connectivity index (χ1v) is 57.8. The molecule has 1 aliphatic rings. The summed E-state index contributed by atoms with van der Waals surface area (Å²) in [5, 5.41) is 12.2. The molecule has 144 heavy (non-hydrogen) atoms. The van der Waals surface area contributed by atoms with E-state index in [1.165, 1.54) is 80.3 Å². The van der Waals surface area contributed by atoms with Gasteiger partial charge in [0.2, 0.25) is 0 Å². The Bertz CT molecular complexity index is 7240. The maximum atomic E-state index is 13.1. The third kappa shape index (κ3) is 23.8. The molecular weight excluding hydrogens is 2590 g/mol. The number of hydrogen-bond acceptors (Lipinski definition) is 12. The number of benzene rings is 11. The van der Waals surface area contributed by atoms with Gasteiger partial charge >= 0.3 is 89.5 Å². The summed E-state index contributed by atoms with van der Waals surface area (Å²) in [7, 11) is -9.39. The Hall–Kier alpha value is -11.7. The molecule has 24 heteroatoms. The predicted octanol–water partition coefficient (Wildman–Crippen LogP) is 20.6. The first-order valence-electron chi connectivity index (χ1n) is 47.6. The zero-order valence-corrected chi connectivity index (χ0v) is 95.7. The van der Waals surface area contributed by atoms with E-state index in [1.54, 1.807) is 73.5 Å². The van der Waals surface area contributed by atoms with Gasteiger partial charge in [-0.15, -0.1) is 184 Å². The average Bonchev–Trinajstić information content (AvgIpc) is 0.799. The van der Waals surface area contributed by atoms with Crippen molar-refractivity contribution in [2.45, 2.75) is 145 Å². The van der Waals surface area contributed by atoms with Crippen LogP contribution in [-0.2, 0) is 94.9 Å². The number of rotatable bonds is 27. The van der Waals surface area contributed by atoms with Gasteiger partial charge in [0, 0.05) is 68.7 Å². The van der Waals surface area contributed by atoms with Crippen molar-refractivity contribution in [3.05, 3.63) is 442 Å². The molecule has 0 saturated carbocycles. The van der Waals surface area contributed by atoms with Gasteiger partial charge in [0.15, 0.2) is 8.07 Å². The number of fused-ring (bicyclic) bond motifs is 2. The number of nitrogens with zero attached hydrogens (tertiary/aromatic N) is 13. The molecule has 1 aliphatic heterocycles. The number of pyridine rings is 4. The second-order valence-electron chi connectivity index (χ2n) is 37.8. The van der Waals surface area contributed by atoms with E-state index >= 15 is 0 Å². The number of hydrogen-bond donors (Lipinski definition) is 0. The average molecular weight is 2700 g/mol. The van der Waals surface area contributed by atoms with Gasteiger partial charge < -0.3 is 54.3 Å². The molecule has 0 N–H and O–H groups in total. The molecule has 0 unspecified atom stereocenters. The summed E-state index contributed by atoms with van der Waals surface area (Å²) in [6.07, 6.45) is 25.8. The number of imidazole rings is 4. The van der Waals surface area contributed by atoms with Crippen molar-refractivity contribution >= 4 is 119 Å². The number of para-hydroxylation sites is 1. The van der Waals surface area contributed by atoms with E-state index in [9.17, 15) is 4.79 Å². The quantitative estimate of drug-likeness (QED) is 0.0268. The van der Waals surface area contributed by atoms with Crippen LogP contribution in [-0.4, -0.2) is 78.0 Å². The molecule has 0 atom stereocenters. The van der Waals surface area contributed by atoms with Crippen LogP contribution in [0.15, 0.2) is 381 Å². The minimum Gasteiger partial charge on any atom is -0.503 e. The van der Waals surface area contributed by atoms with Crippen LogP contribution in [0, 0.1) is 48.5 Å². The fraction of sp³-hybridized carbons (Fsp3) is 0.175. The number of unbranched alkanes of at least 4 members (excludes halogenated alkanes) is 2. The topological polar surface area (TPSA) is 189 Å². The number of ketones is 1. The number of carbonyl (C=O) groups is 1. The van der Waals surface area contributed by atoms with Gasteiger partial charge in [0.25, 0.3) is 0 Å². The van der Waals surface area contributed by atoms with Crippen molar-refractivity contribution in [2.24, 2.45) is 0 Å². The maximum absolute atomic E-state index is 13.1. The second-order valence-corrected chi connectivity index (χ2v) is 56.6. The maximum Gasteiger partial charge on any atom is 3.00 e. The normalized spacial score (nSPS) is 12.3. The van der Waals surface area contributed by atoms with Crippen molar-refractivity contribution in [3.63, 3.8) is 0 Å². The van der Waals surface area contributed by atoms with E-state index in [1.807, 2.05) is 140 Å². The van der Waals surface area contributed by atoms with Gasteiger partial charge in [-0.05, 0) is 110 Å². The molecule has 0 aliphatic carbocycles. The molecule has 0 amide bonds. The monoisotopic (exact) mass is 2700 g/mol. The van der Waals surface area contributed by atoms with Crippen molar-refractivity contribution in [2.75, 3.05) is 4.90 Å². The molecule has 19 aromatic rings. The minimum atomic E-state index is -2.84. The summed E-state index contributed by atoms with van der Waals surface area (Å²) in [6, 6.07) is 133. The van der Waals surface area contributed by atoms with Crippen LogP contribution in [0.2, 0.25) is 35.3 Å². The number of ether oxygens (including phenoxy) is 1. The molecule has 8 aromatic heterocycles. The predicted molar refractivity (Wildman–Crippen MR) is 576 cm³/mol. The SMILES string of the molecule is CC(C)(C)[Si](c1[c-]c(Sc2[c-]c(-c3ncc[n-]3)ccc2)ccc1)(c1ccccn1)C(C)(C)C.CC1(C)c2ccccc2[Si](c2[c-]c(Oc3[c-]c(-c4ncc[n-]4)ccc3)ccc2)(c2ccccn2)c2ccccc21.CCCC[Si](CCCC)(c1[c-]c(N(c2[c-]c(-c3ncc[n-]3)ccc2)c2ccccc2)ccc1)c1ccccn1.C[Si](C)(c1[c-]c(C(=O)c2[c-]c(-c3ncc[n-]3)ccc2)ccc1)c1ccccn1.[Au+3].[Au+3].[Au+3].[Au+3]. The summed E-state index contributed by atoms with van der Waals surface area (Å²) in [5.74, 6) is 3.70. The zero-order chi connectivity index (χ0) is 97.3. The molecule has 9 heterocycles. The van der Waals surface area contributed by atoms with Gasteiger partial charge in [0.1, 0.15) is 30.0 Å². The summed E-state index contributed by atoms with van der Waals surface area (Å²) < 4.78 is 6.38. The summed E-state index contributed by atoms with van der Waals surface area (Å²) >= 11 is 1.68. The first-order chi connectivity index (χ1) is 68.0. The Balaban J connectivity index is 0.000000161. The van der Waals surface area contributed by atoms with Gasteiger partial charge in [-0.25, -0.2) is 0 Å². The molecule has 0 saturated heterocycles. The minimum absolute atomic E-state index is 0. The third-order valence-corrected chi connectivity index (χ3v) is 46.6. The second kappa shape index (κ2) is 49.5. The van der Waals surface area contributed by atoms with Gasteiger partial charge in [0.05, 0.1) is 0 Å². The molecule has 20 rings (SSSR count). The van der Waals surface area contributed by atoms with Crippen LogP contribution in [0.3, 0.4) is 0 Å². The standard InChI is InChI=1S/C35H26N3OSi.C34H35N4Si.C28H30N3SSi.C23H18N3OSi.4Au/c1-35(2)29-15-3-5-17-31(29)40(33-19-7-8-20-36-33,32-18-6-4-16-30(32)35)28-14-10-13-27(24-28)39-26-12-9-11-25(23-26)34-37-21-22-38-34;1-3-5-24-39(25-6-4-2,33-20-10-11-21-35-33)32-19-13-18-31(27-32)38(29-15-8-7-9-16-29)30-17-12-14-28(26-30)34-36-22-23-37-34;1-27(2,3)33(28(4,5)6,25-15-7-8-16-29-25)24-14-10-13-23(20-24)32-22-12-9-11-21(19-22)26-30-17-18-31-26;1-28(2,21-11-3-4-12-24-21)20-10-6-8-18(16-20)22(27)17-7-5-9-19(15-17)23-25-13-14-26-23;;;;/h3-22H,1-2H3;7-23H,3-6,24-25H2,1-2H3;7-18H,1-6H3;3-14H,1-2H3;;;;/q4*-3;4*+3. The molecule has 732 valence electrons. The van der Waals surface area contributed by atoms with E-state index in [0.717, 1.165) is 64.6 Å². The molecule has 0 bridgehead atoms. The van der Waals surface area contributed by atoms with Crippen LogP contribution in [0.5, 0.6) is 11.5 Å². The summed E-state index contributed by atoms with van der Waals surface area (Å²) in [6.45, 7) is 27.8. The Morgan fingerprint density at radius 1 is 0.382 bits per heavy atom. The van der Waals surface area contributed by atoms with Crippen LogP contribution in [0.4, 0.5) is 17.1 Å². The molecule has 0 spiro atoms.